The molecule has 5 aromatic carbocycles. The monoisotopic (exact) mass is 692 g/mol. The van der Waals surface area contributed by atoms with Gasteiger partial charge in [0.2, 0.25) is 0 Å². The van der Waals surface area contributed by atoms with Gasteiger partial charge in [-0.1, -0.05) is 116 Å². The average molecular weight is 693 g/mol. The number of para-hydroxylation sites is 2. The van der Waals surface area contributed by atoms with Crippen molar-refractivity contribution in [3.8, 4) is 11.1 Å². The van der Waals surface area contributed by atoms with Crippen LogP contribution in [0.2, 0.25) is 0 Å². The summed E-state index contributed by atoms with van der Waals surface area (Å²) in [5.41, 5.74) is 8.93. The van der Waals surface area contributed by atoms with Gasteiger partial charge in [-0.3, -0.25) is 14.7 Å². The highest BCUT2D eigenvalue weighted by Crippen LogP contribution is 2.42. The Bertz CT molecular complexity index is 2110. The Labute approximate surface area is 305 Å². The van der Waals surface area contributed by atoms with Gasteiger partial charge in [-0.15, -0.1) is 0 Å². The highest BCUT2D eigenvalue weighted by molar-refractivity contribution is 5.93. The molecule has 6 aromatic rings. The standard InChI is InChI=1S/C44H44N4O4/c1-29-41(27-48(3)30(2)33-11-5-4-6-12-33)51-44(52-42(29)35-18-16-31(28-49)17-19-35)36-22-20-34(21-23-36)37-13-9-10-32(24-37)25-46-43(50)40-26-45-38-14-7-8-15-39(38)47-40/h4-24,26,29-30,41-42,44,49H,25,27-28H2,1-3H3,(H,46,50)/t29-,30-,41+,42+,44+/m0/s1. The first-order valence-electron chi connectivity index (χ1n) is 17.8. The van der Waals surface area contributed by atoms with Crippen molar-refractivity contribution in [2.24, 2.45) is 5.92 Å². The molecule has 5 atom stereocenters. The molecule has 1 aliphatic heterocycles. The topological polar surface area (TPSA) is 96.8 Å². The second-order valence-corrected chi connectivity index (χ2v) is 13.6. The molecular formula is C44H44N4O4. The maximum atomic E-state index is 12.9. The summed E-state index contributed by atoms with van der Waals surface area (Å²) in [7, 11) is 2.15. The van der Waals surface area contributed by atoms with E-state index < -0.39 is 6.29 Å². The molecular weight excluding hydrogens is 649 g/mol. The number of likely N-dealkylation sites (N-methyl/N-ethyl adjacent to an activating group) is 1. The van der Waals surface area contributed by atoms with Crippen LogP contribution in [0.3, 0.4) is 0 Å². The van der Waals surface area contributed by atoms with Crippen LogP contribution < -0.4 is 5.32 Å². The van der Waals surface area contributed by atoms with Crippen LogP contribution >= 0.6 is 0 Å². The van der Waals surface area contributed by atoms with Crippen molar-refractivity contribution in [1.82, 2.24) is 20.2 Å². The number of aromatic nitrogens is 2. The molecule has 264 valence electrons. The number of benzene rings is 5. The summed E-state index contributed by atoms with van der Waals surface area (Å²) in [6, 6.07) is 42.7. The third-order valence-corrected chi connectivity index (χ3v) is 10.1. The molecule has 0 unspecified atom stereocenters. The summed E-state index contributed by atoms with van der Waals surface area (Å²) < 4.78 is 13.5. The fourth-order valence-corrected chi connectivity index (χ4v) is 6.79. The Morgan fingerprint density at radius 3 is 2.27 bits per heavy atom. The van der Waals surface area contributed by atoms with Crippen molar-refractivity contribution in [3.05, 3.63) is 167 Å². The average Bonchev–Trinajstić information content (AvgIpc) is 3.20. The summed E-state index contributed by atoms with van der Waals surface area (Å²) in [6.45, 7) is 5.52. The van der Waals surface area contributed by atoms with Gasteiger partial charge in [-0.25, -0.2) is 4.98 Å². The number of amides is 1. The molecule has 2 heterocycles. The maximum Gasteiger partial charge on any atom is 0.271 e. The van der Waals surface area contributed by atoms with Gasteiger partial charge in [0, 0.05) is 30.6 Å². The Hall–Kier alpha value is -5.25. The van der Waals surface area contributed by atoms with Crippen molar-refractivity contribution in [1.29, 1.82) is 0 Å². The van der Waals surface area contributed by atoms with Crippen LogP contribution in [-0.4, -0.2) is 45.6 Å². The molecule has 0 bridgehead atoms. The van der Waals surface area contributed by atoms with E-state index in [1.165, 1.54) is 11.8 Å². The van der Waals surface area contributed by atoms with Crippen LogP contribution in [0.4, 0.5) is 0 Å². The van der Waals surface area contributed by atoms with Crippen molar-refractivity contribution in [2.45, 2.75) is 51.5 Å². The molecule has 0 spiro atoms. The van der Waals surface area contributed by atoms with Crippen molar-refractivity contribution in [2.75, 3.05) is 13.6 Å². The van der Waals surface area contributed by atoms with Crippen LogP contribution in [-0.2, 0) is 22.6 Å². The lowest BCUT2D eigenvalue weighted by Gasteiger charge is -2.43. The van der Waals surface area contributed by atoms with E-state index in [1.807, 2.05) is 54.6 Å². The highest BCUT2D eigenvalue weighted by Gasteiger charge is 2.39. The number of hydrogen-bond donors (Lipinski definition) is 2. The predicted molar refractivity (Wildman–Crippen MR) is 203 cm³/mol. The third-order valence-electron chi connectivity index (χ3n) is 10.1. The number of aliphatic hydroxyl groups is 1. The zero-order valence-corrected chi connectivity index (χ0v) is 29.7. The molecule has 2 N–H and O–H groups in total. The van der Waals surface area contributed by atoms with Crippen LogP contribution in [0.25, 0.3) is 22.2 Å². The van der Waals surface area contributed by atoms with E-state index in [9.17, 15) is 9.90 Å². The Morgan fingerprint density at radius 2 is 1.52 bits per heavy atom. The van der Waals surface area contributed by atoms with Gasteiger partial charge in [-0.2, -0.15) is 0 Å². The van der Waals surface area contributed by atoms with Gasteiger partial charge >= 0.3 is 0 Å². The number of fused-ring (bicyclic) bond motifs is 1. The smallest absolute Gasteiger partial charge is 0.271 e. The number of nitrogens with zero attached hydrogens (tertiary/aromatic N) is 3. The fraction of sp³-hybridized carbons (Fsp3) is 0.250. The normalized spacial score (nSPS) is 19.4. The van der Waals surface area contributed by atoms with Crippen molar-refractivity contribution < 1.29 is 19.4 Å². The first kappa shape index (κ1) is 35.2. The number of carbonyl (C=O) groups excluding carboxylic acids is 1. The minimum absolute atomic E-state index is 0.00228. The quantitative estimate of drug-likeness (QED) is 0.141. The summed E-state index contributed by atoms with van der Waals surface area (Å²) in [5.74, 6) is -0.186. The lowest BCUT2D eigenvalue weighted by Crippen LogP contribution is -2.44. The van der Waals surface area contributed by atoms with Gasteiger partial charge in [0.15, 0.2) is 6.29 Å². The molecule has 1 aromatic heterocycles. The number of carbonyl (C=O) groups is 1. The molecule has 1 amide bonds. The Morgan fingerprint density at radius 1 is 0.808 bits per heavy atom. The minimum atomic E-state index is -0.557. The van der Waals surface area contributed by atoms with E-state index in [0.29, 0.717) is 12.1 Å². The summed E-state index contributed by atoms with van der Waals surface area (Å²) >= 11 is 0. The Kier molecular flexibility index (Phi) is 10.8. The molecule has 1 saturated heterocycles. The van der Waals surface area contributed by atoms with Crippen LogP contribution in [0.15, 0.2) is 134 Å². The molecule has 1 aliphatic rings. The number of hydrogen-bond acceptors (Lipinski definition) is 7. The minimum Gasteiger partial charge on any atom is -0.392 e. The SMILES string of the molecule is C[C@H]1[C@@H](CN(C)[C@@H](C)c2ccccc2)O[C@@H](c2ccc(-c3cccc(CNC(=O)c4cnc5ccccc5n4)c3)cc2)O[C@H]1c1ccc(CO)cc1. The number of rotatable bonds is 11. The zero-order chi connectivity index (χ0) is 36.0. The van der Waals surface area contributed by atoms with Crippen molar-refractivity contribution >= 4 is 16.9 Å². The number of aliphatic hydroxyl groups excluding tert-OH is 1. The van der Waals surface area contributed by atoms with E-state index in [-0.39, 0.29) is 42.4 Å². The van der Waals surface area contributed by atoms with Gasteiger partial charge in [-0.05, 0) is 65.6 Å². The van der Waals surface area contributed by atoms with Gasteiger partial charge in [0.25, 0.3) is 5.91 Å². The fourth-order valence-electron chi connectivity index (χ4n) is 6.79. The number of ether oxygens (including phenoxy) is 2. The first-order valence-corrected chi connectivity index (χ1v) is 17.8. The maximum absolute atomic E-state index is 12.9. The molecule has 0 saturated carbocycles. The second-order valence-electron chi connectivity index (χ2n) is 13.6. The molecule has 8 nitrogen and oxygen atoms in total. The highest BCUT2D eigenvalue weighted by atomic mass is 16.7. The van der Waals surface area contributed by atoms with E-state index in [1.54, 1.807) is 0 Å². The molecule has 52 heavy (non-hydrogen) atoms. The van der Waals surface area contributed by atoms with E-state index in [0.717, 1.165) is 45.4 Å². The van der Waals surface area contributed by atoms with Gasteiger partial charge in [0.05, 0.1) is 36.0 Å². The van der Waals surface area contributed by atoms with Crippen molar-refractivity contribution in [3.63, 3.8) is 0 Å². The van der Waals surface area contributed by atoms with E-state index >= 15 is 0 Å². The van der Waals surface area contributed by atoms with E-state index in [4.69, 9.17) is 9.47 Å². The predicted octanol–water partition coefficient (Wildman–Crippen LogP) is 8.20. The molecule has 7 rings (SSSR count). The van der Waals surface area contributed by atoms with E-state index in [2.05, 4.69) is 114 Å². The van der Waals surface area contributed by atoms with Gasteiger partial charge < -0.3 is 19.9 Å². The molecule has 8 heteroatoms. The molecule has 0 radical (unpaired) electrons. The third kappa shape index (κ3) is 7.96. The van der Waals surface area contributed by atoms with Crippen LogP contribution in [0.5, 0.6) is 0 Å². The summed E-state index contributed by atoms with van der Waals surface area (Å²) in [4.78, 5) is 24.1. The largest absolute Gasteiger partial charge is 0.392 e. The van der Waals surface area contributed by atoms with Crippen LogP contribution in [0.1, 0.15) is 70.6 Å². The lowest BCUT2D eigenvalue weighted by molar-refractivity contribution is -0.276. The Balaban J connectivity index is 1.06. The first-order chi connectivity index (χ1) is 25.4. The number of nitrogens with one attached hydrogen (secondary N) is 1. The summed E-state index contributed by atoms with van der Waals surface area (Å²) in [6.07, 6.45) is 0.670. The zero-order valence-electron chi connectivity index (χ0n) is 29.7. The van der Waals surface area contributed by atoms with Crippen LogP contribution in [0, 0.1) is 5.92 Å². The molecule has 0 aliphatic carbocycles. The lowest BCUT2D eigenvalue weighted by atomic mass is 9.89. The summed E-state index contributed by atoms with van der Waals surface area (Å²) in [5, 5.41) is 12.6. The second kappa shape index (κ2) is 16.0. The van der Waals surface area contributed by atoms with Gasteiger partial charge in [0.1, 0.15) is 5.69 Å². The molecule has 1 fully saturated rings.